The zero-order valence-corrected chi connectivity index (χ0v) is 11.5. The summed E-state index contributed by atoms with van der Waals surface area (Å²) in [6.45, 7) is 1.81. The molecule has 1 saturated heterocycles. The molecular formula is C9H13KN4. The van der Waals surface area contributed by atoms with Gasteiger partial charge in [0.25, 0.3) is 0 Å². The van der Waals surface area contributed by atoms with Gasteiger partial charge in [-0.3, -0.25) is 4.98 Å². The van der Waals surface area contributed by atoms with Crippen molar-refractivity contribution in [2.24, 2.45) is 5.73 Å². The summed E-state index contributed by atoms with van der Waals surface area (Å²) in [5, 5.41) is 0. The number of aromatic nitrogens is 1. The van der Waals surface area contributed by atoms with Gasteiger partial charge in [0, 0.05) is 37.2 Å². The SMILES string of the molecule is [K+].[NH-]c1cnccc1N1CCC(N)C1. The van der Waals surface area contributed by atoms with E-state index in [1.165, 1.54) is 0 Å². The topological polar surface area (TPSA) is 66.0 Å². The van der Waals surface area contributed by atoms with E-state index in [0.717, 1.165) is 25.2 Å². The average Bonchev–Trinajstić information content (AvgIpc) is 2.53. The maximum Gasteiger partial charge on any atom is 1.00 e. The predicted molar refractivity (Wildman–Crippen MR) is 53.0 cm³/mol. The minimum Gasteiger partial charge on any atom is -0.696 e. The molecule has 0 aliphatic carbocycles. The first-order chi connectivity index (χ1) is 6.27. The zero-order chi connectivity index (χ0) is 9.26. The first-order valence-corrected chi connectivity index (χ1v) is 4.43. The Kier molecular flexibility index (Phi) is 4.82. The summed E-state index contributed by atoms with van der Waals surface area (Å²) in [5.41, 5.74) is 14.9. The Balaban J connectivity index is 0.000000980. The molecule has 1 aromatic rings. The van der Waals surface area contributed by atoms with Crippen molar-refractivity contribution >= 4 is 11.4 Å². The van der Waals surface area contributed by atoms with Crippen molar-refractivity contribution in [3.63, 3.8) is 0 Å². The van der Waals surface area contributed by atoms with Crippen LogP contribution in [0.15, 0.2) is 18.5 Å². The Bertz CT molecular complexity index is 305. The number of nitrogens with one attached hydrogen (secondary N) is 1. The maximum absolute atomic E-state index is 7.66. The Hall–Kier alpha value is 0.346. The van der Waals surface area contributed by atoms with Gasteiger partial charge in [0.1, 0.15) is 0 Å². The molecule has 1 aliphatic rings. The van der Waals surface area contributed by atoms with E-state index in [1.807, 2.05) is 6.07 Å². The number of rotatable bonds is 1. The van der Waals surface area contributed by atoms with Crippen LogP contribution >= 0.6 is 0 Å². The summed E-state index contributed by atoms with van der Waals surface area (Å²) in [4.78, 5) is 6.04. The molecule has 1 atom stereocenters. The molecule has 0 spiro atoms. The van der Waals surface area contributed by atoms with Crippen molar-refractivity contribution in [1.29, 1.82) is 0 Å². The summed E-state index contributed by atoms with van der Waals surface area (Å²) in [5.74, 6) is 0. The second-order valence-electron chi connectivity index (χ2n) is 3.39. The van der Waals surface area contributed by atoms with Crippen LogP contribution in [0.1, 0.15) is 6.42 Å². The zero-order valence-electron chi connectivity index (χ0n) is 8.40. The molecule has 0 saturated carbocycles. The van der Waals surface area contributed by atoms with Gasteiger partial charge in [0.05, 0.1) is 0 Å². The van der Waals surface area contributed by atoms with Crippen molar-refractivity contribution in [2.75, 3.05) is 18.0 Å². The fourth-order valence-electron chi connectivity index (χ4n) is 1.67. The molecular weight excluding hydrogens is 203 g/mol. The van der Waals surface area contributed by atoms with Crippen LogP contribution < -0.4 is 62.0 Å². The minimum atomic E-state index is 0. The molecule has 3 N–H and O–H groups in total. The first kappa shape index (κ1) is 12.4. The van der Waals surface area contributed by atoms with Crippen LogP contribution in [-0.2, 0) is 0 Å². The number of hydrogen-bond acceptors (Lipinski definition) is 3. The Morgan fingerprint density at radius 2 is 2.36 bits per heavy atom. The number of pyridine rings is 1. The largest absolute Gasteiger partial charge is 1.00 e. The van der Waals surface area contributed by atoms with E-state index in [-0.39, 0.29) is 57.4 Å². The summed E-state index contributed by atoms with van der Waals surface area (Å²) in [6, 6.07) is 2.13. The van der Waals surface area contributed by atoms with Crippen molar-refractivity contribution in [3.05, 3.63) is 24.2 Å². The average molecular weight is 216 g/mol. The molecule has 2 heterocycles. The third kappa shape index (κ3) is 2.68. The van der Waals surface area contributed by atoms with Crippen LogP contribution in [0, 0.1) is 0 Å². The normalized spacial score (nSPS) is 20.6. The van der Waals surface area contributed by atoms with Crippen molar-refractivity contribution < 1.29 is 51.4 Å². The van der Waals surface area contributed by atoms with Crippen molar-refractivity contribution in [3.8, 4) is 0 Å². The molecule has 0 aromatic carbocycles. The van der Waals surface area contributed by atoms with E-state index in [4.69, 9.17) is 11.5 Å². The fourth-order valence-corrected chi connectivity index (χ4v) is 1.67. The van der Waals surface area contributed by atoms with Crippen LogP contribution in [0.25, 0.3) is 5.73 Å². The molecule has 1 fully saturated rings. The van der Waals surface area contributed by atoms with Gasteiger partial charge in [-0.2, -0.15) is 0 Å². The number of anilines is 1. The molecule has 0 amide bonds. The molecule has 0 radical (unpaired) electrons. The fraction of sp³-hybridized carbons (Fsp3) is 0.444. The first-order valence-electron chi connectivity index (χ1n) is 4.43. The van der Waals surface area contributed by atoms with Crippen LogP contribution in [-0.4, -0.2) is 24.1 Å². The van der Waals surface area contributed by atoms with Gasteiger partial charge in [-0.15, -0.1) is 0 Å². The van der Waals surface area contributed by atoms with Gasteiger partial charge in [0.2, 0.25) is 0 Å². The van der Waals surface area contributed by atoms with E-state index >= 15 is 0 Å². The van der Waals surface area contributed by atoms with E-state index in [2.05, 4.69) is 9.88 Å². The van der Waals surface area contributed by atoms with E-state index in [1.54, 1.807) is 12.4 Å². The molecule has 1 aromatic heterocycles. The van der Waals surface area contributed by atoms with Gasteiger partial charge in [0.15, 0.2) is 0 Å². The van der Waals surface area contributed by atoms with Crippen molar-refractivity contribution in [2.45, 2.75) is 12.5 Å². The van der Waals surface area contributed by atoms with Gasteiger partial charge >= 0.3 is 51.4 Å². The molecule has 4 nitrogen and oxygen atoms in total. The molecule has 70 valence electrons. The number of hydrogen-bond donors (Lipinski definition) is 1. The van der Waals surface area contributed by atoms with Gasteiger partial charge in [-0.25, -0.2) is 0 Å². The molecule has 1 aliphatic heterocycles. The molecule has 5 heteroatoms. The smallest absolute Gasteiger partial charge is 0.696 e. The van der Waals surface area contributed by atoms with Crippen molar-refractivity contribution in [1.82, 2.24) is 4.98 Å². The second kappa shape index (κ2) is 5.44. The predicted octanol–water partition coefficient (Wildman–Crippen LogP) is -1.69. The second-order valence-corrected chi connectivity index (χ2v) is 3.39. The van der Waals surface area contributed by atoms with Gasteiger partial charge in [-0.1, -0.05) is 5.69 Å². The number of nitrogens with zero attached hydrogens (tertiary/aromatic N) is 2. The summed E-state index contributed by atoms with van der Waals surface area (Å²) < 4.78 is 0. The molecule has 14 heavy (non-hydrogen) atoms. The summed E-state index contributed by atoms with van der Waals surface area (Å²) >= 11 is 0. The van der Waals surface area contributed by atoms with Gasteiger partial charge in [-0.05, 0) is 12.5 Å². The van der Waals surface area contributed by atoms with E-state index in [0.29, 0.717) is 5.69 Å². The maximum atomic E-state index is 7.66. The van der Waals surface area contributed by atoms with Crippen LogP contribution in [0.3, 0.4) is 0 Å². The van der Waals surface area contributed by atoms with E-state index < -0.39 is 0 Å². The Labute approximate surface area is 126 Å². The van der Waals surface area contributed by atoms with Gasteiger partial charge < -0.3 is 16.4 Å². The molecule has 2 rings (SSSR count). The molecule has 1 unspecified atom stereocenters. The van der Waals surface area contributed by atoms with Crippen LogP contribution in [0.5, 0.6) is 0 Å². The summed E-state index contributed by atoms with van der Waals surface area (Å²) in [6.07, 6.45) is 4.30. The third-order valence-corrected chi connectivity index (χ3v) is 2.36. The standard InChI is InChI=1S/C9H13N4.K/c10-7-2-4-13(6-7)9-1-3-12-5-8(9)11;/h1,3,5,7,11H,2,4,6,10H2;/q-1;+1. The van der Waals surface area contributed by atoms with Crippen LogP contribution in [0.4, 0.5) is 11.4 Å². The Morgan fingerprint density at radius 3 is 2.93 bits per heavy atom. The quantitative estimate of drug-likeness (QED) is 0.570. The van der Waals surface area contributed by atoms with E-state index in [9.17, 15) is 0 Å². The Morgan fingerprint density at radius 1 is 1.57 bits per heavy atom. The minimum absolute atomic E-state index is 0. The summed E-state index contributed by atoms with van der Waals surface area (Å²) in [7, 11) is 0. The monoisotopic (exact) mass is 216 g/mol. The third-order valence-electron chi connectivity index (χ3n) is 2.36. The number of nitrogens with two attached hydrogens (primary N) is 1. The van der Waals surface area contributed by atoms with Crippen LogP contribution in [0.2, 0.25) is 0 Å². The molecule has 0 bridgehead atoms.